The van der Waals surface area contributed by atoms with E-state index >= 15 is 0 Å². The third-order valence-electron chi connectivity index (χ3n) is 2.23. The highest BCUT2D eigenvalue weighted by Gasteiger charge is 2.03. The highest BCUT2D eigenvalue weighted by atomic mass is 14.9. The van der Waals surface area contributed by atoms with E-state index in [4.69, 9.17) is 5.73 Å². The molecular weight excluding hydrogens is 200 g/mol. The maximum Gasteiger partial charge on any atom is 0.178 e. The number of pyridine rings is 1. The van der Waals surface area contributed by atoms with Crippen LogP contribution in [0, 0.1) is 6.92 Å². The number of hydrogen-bond donors (Lipinski definition) is 1. The summed E-state index contributed by atoms with van der Waals surface area (Å²) >= 11 is 0. The summed E-state index contributed by atoms with van der Waals surface area (Å²) in [6.45, 7) is 2.55. The van der Waals surface area contributed by atoms with E-state index in [0.29, 0.717) is 12.4 Å². The molecule has 0 bridgehead atoms. The smallest absolute Gasteiger partial charge is 0.178 e. The average Bonchev–Trinajstić information content (AvgIpc) is 2.30. The van der Waals surface area contributed by atoms with Crippen LogP contribution in [0.4, 0.5) is 0 Å². The second kappa shape index (κ2) is 4.81. The number of nitrogens with two attached hydrogens (primary N) is 1. The Hall–Kier alpha value is -1.81. The number of nitrogens with zero attached hydrogens (tertiary/aromatic N) is 3. The van der Waals surface area contributed by atoms with Crippen molar-refractivity contribution >= 4 is 0 Å². The predicted octanol–water partition coefficient (Wildman–Crippen LogP) is 1.35. The quantitative estimate of drug-likeness (QED) is 0.837. The molecule has 0 aliphatic heterocycles. The third-order valence-corrected chi connectivity index (χ3v) is 2.23. The molecule has 4 nitrogen and oxygen atoms in total. The Balaban J connectivity index is 2.36. The Labute approximate surface area is 94.6 Å². The summed E-state index contributed by atoms with van der Waals surface area (Å²) < 4.78 is 0. The van der Waals surface area contributed by atoms with Gasteiger partial charge in [0.2, 0.25) is 0 Å². The lowest BCUT2D eigenvalue weighted by Crippen LogP contribution is -2.05. The van der Waals surface area contributed by atoms with Crippen LogP contribution in [0.5, 0.6) is 0 Å². The fraction of sp³-hybridized carbons (Fsp3) is 0.250. The normalized spacial score (nSPS) is 10.4. The summed E-state index contributed by atoms with van der Waals surface area (Å²) in [6, 6.07) is 7.70. The SMILES string of the molecule is Cc1cccc(-c2nccc(CCN)n2)n1. The molecule has 0 saturated heterocycles. The van der Waals surface area contributed by atoms with Crippen molar-refractivity contribution in [2.45, 2.75) is 13.3 Å². The van der Waals surface area contributed by atoms with Gasteiger partial charge >= 0.3 is 0 Å². The van der Waals surface area contributed by atoms with E-state index in [-0.39, 0.29) is 0 Å². The fourth-order valence-electron chi connectivity index (χ4n) is 1.47. The van der Waals surface area contributed by atoms with Gasteiger partial charge in [-0.1, -0.05) is 6.07 Å². The minimum absolute atomic E-state index is 0.595. The molecule has 0 unspecified atom stereocenters. The lowest BCUT2D eigenvalue weighted by molar-refractivity contribution is 0.910. The molecule has 0 radical (unpaired) electrons. The van der Waals surface area contributed by atoms with Crippen molar-refractivity contribution in [1.29, 1.82) is 0 Å². The van der Waals surface area contributed by atoms with Crippen LogP contribution in [0.2, 0.25) is 0 Å². The van der Waals surface area contributed by atoms with Crippen LogP contribution in [0.25, 0.3) is 11.5 Å². The molecule has 2 N–H and O–H groups in total. The van der Waals surface area contributed by atoms with Gasteiger partial charge in [0, 0.05) is 24.0 Å². The minimum atomic E-state index is 0.595. The topological polar surface area (TPSA) is 64.7 Å². The Morgan fingerprint density at radius 1 is 1.19 bits per heavy atom. The van der Waals surface area contributed by atoms with Gasteiger partial charge in [0.15, 0.2) is 5.82 Å². The molecule has 2 heterocycles. The van der Waals surface area contributed by atoms with Crippen molar-refractivity contribution in [2.75, 3.05) is 6.54 Å². The summed E-state index contributed by atoms with van der Waals surface area (Å²) in [4.78, 5) is 13.0. The van der Waals surface area contributed by atoms with E-state index in [1.807, 2.05) is 31.2 Å². The average molecular weight is 214 g/mol. The maximum absolute atomic E-state index is 5.50. The zero-order valence-electron chi connectivity index (χ0n) is 9.22. The first-order chi connectivity index (χ1) is 7.79. The number of aromatic nitrogens is 3. The Kier molecular flexibility index (Phi) is 3.22. The van der Waals surface area contributed by atoms with Gasteiger partial charge in [0.05, 0.1) is 0 Å². The highest BCUT2D eigenvalue weighted by Crippen LogP contribution is 2.12. The van der Waals surface area contributed by atoms with Gasteiger partial charge in [-0.3, -0.25) is 0 Å². The second-order valence-electron chi connectivity index (χ2n) is 3.57. The Morgan fingerprint density at radius 3 is 2.81 bits per heavy atom. The van der Waals surface area contributed by atoms with Crippen molar-refractivity contribution in [3.8, 4) is 11.5 Å². The summed E-state index contributed by atoms with van der Waals surface area (Å²) in [5, 5.41) is 0. The van der Waals surface area contributed by atoms with E-state index in [1.54, 1.807) is 6.20 Å². The first-order valence-corrected chi connectivity index (χ1v) is 5.25. The third kappa shape index (κ3) is 2.41. The van der Waals surface area contributed by atoms with E-state index in [0.717, 1.165) is 23.5 Å². The van der Waals surface area contributed by atoms with Crippen LogP contribution in [0.1, 0.15) is 11.4 Å². The van der Waals surface area contributed by atoms with E-state index < -0.39 is 0 Å². The number of aryl methyl sites for hydroxylation is 1. The zero-order chi connectivity index (χ0) is 11.4. The van der Waals surface area contributed by atoms with Crippen molar-refractivity contribution in [3.63, 3.8) is 0 Å². The second-order valence-corrected chi connectivity index (χ2v) is 3.57. The van der Waals surface area contributed by atoms with Crippen LogP contribution in [0.15, 0.2) is 30.5 Å². The molecule has 0 saturated carbocycles. The van der Waals surface area contributed by atoms with Gasteiger partial charge in [-0.15, -0.1) is 0 Å². The van der Waals surface area contributed by atoms with Crippen LogP contribution in [-0.4, -0.2) is 21.5 Å². The summed E-state index contributed by atoms with van der Waals surface area (Å²) in [7, 11) is 0. The van der Waals surface area contributed by atoms with Crippen LogP contribution in [-0.2, 0) is 6.42 Å². The van der Waals surface area contributed by atoms with Crippen molar-refractivity contribution < 1.29 is 0 Å². The standard InChI is InChI=1S/C12H14N4/c1-9-3-2-4-11(15-9)12-14-8-6-10(16-12)5-7-13/h2-4,6,8H,5,7,13H2,1H3. The summed E-state index contributed by atoms with van der Waals surface area (Å²) in [5.41, 5.74) is 8.22. The molecule has 2 aromatic rings. The van der Waals surface area contributed by atoms with Gasteiger partial charge in [0.1, 0.15) is 5.69 Å². The van der Waals surface area contributed by atoms with Gasteiger partial charge in [-0.25, -0.2) is 15.0 Å². The molecule has 2 rings (SSSR count). The summed E-state index contributed by atoms with van der Waals surface area (Å²) in [6.07, 6.45) is 2.51. The Morgan fingerprint density at radius 2 is 2.06 bits per heavy atom. The monoisotopic (exact) mass is 214 g/mol. The molecule has 16 heavy (non-hydrogen) atoms. The largest absolute Gasteiger partial charge is 0.330 e. The molecule has 0 fully saturated rings. The molecular formula is C12H14N4. The summed E-state index contributed by atoms with van der Waals surface area (Å²) in [5.74, 6) is 0.662. The number of hydrogen-bond acceptors (Lipinski definition) is 4. The maximum atomic E-state index is 5.50. The van der Waals surface area contributed by atoms with Crippen LogP contribution < -0.4 is 5.73 Å². The zero-order valence-corrected chi connectivity index (χ0v) is 9.22. The Bertz CT molecular complexity index is 482. The minimum Gasteiger partial charge on any atom is -0.330 e. The fourth-order valence-corrected chi connectivity index (χ4v) is 1.47. The molecule has 0 spiro atoms. The van der Waals surface area contributed by atoms with E-state index in [2.05, 4.69) is 15.0 Å². The van der Waals surface area contributed by atoms with Gasteiger partial charge < -0.3 is 5.73 Å². The molecule has 0 amide bonds. The lowest BCUT2D eigenvalue weighted by atomic mass is 10.2. The molecule has 2 aromatic heterocycles. The molecule has 0 aliphatic carbocycles. The molecule has 82 valence electrons. The van der Waals surface area contributed by atoms with E-state index in [1.165, 1.54) is 0 Å². The van der Waals surface area contributed by atoms with Crippen molar-refractivity contribution in [1.82, 2.24) is 15.0 Å². The predicted molar refractivity (Wildman–Crippen MR) is 62.8 cm³/mol. The molecule has 0 aliphatic rings. The van der Waals surface area contributed by atoms with Gasteiger partial charge in [-0.2, -0.15) is 0 Å². The molecule has 0 atom stereocenters. The first-order valence-electron chi connectivity index (χ1n) is 5.25. The first kappa shape index (κ1) is 10.7. The molecule has 0 aromatic carbocycles. The van der Waals surface area contributed by atoms with Crippen molar-refractivity contribution in [2.24, 2.45) is 5.73 Å². The number of rotatable bonds is 3. The van der Waals surface area contributed by atoms with Gasteiger partial charge in [0.25, 0.3) is 0 Å². The highest BCUT2D eigenvalue weighted by molar-refractivity contribution is 5.48. The van der Waals surface area contributed by atoms with E-state index in [9.17, 15) is 0 Å². The molecule has 4 heteroatoms. The van der Waals surface area contributed by atoms with Crippen molar-refractivity contribution in [3.05, 3.63) is 41.9 Å². The van der Waals surface area contributed by atoms with Crippen LogP contribution in [0.3, 0.4) is 0 Å². The lowest BCUT2D eigenvalue weighted by Gasteiger charge is -2.02. The van der Waals surface area contributed by atoms with Gasteiger partial charge in [-0.05, 0) is 31.7 Å². The van der Waals surface area contributed by atoms with Crippen LogP contribution >= 0.6 is 0 Å².